The molecule has 2 atom stereocenters. The fourth-order valence-electron chi connectivity index (χ4n) is 3.08. The molecule has 2 unspecified atom stereocenters. The minimum atomic E-state index is -0.831. The van der Waals surface area contributed by atoms with Gasteiger partial charge in [0.1, 0.15) is 5.54 Å². The summed E-state index contributed by atoms with van der Waals surface area (Å²) < 4.78 is 0. The Morgan fingerprint density at radius 3 is 2.95 bits per heavy atom. The van der Waals surface area contributed by atoms with E-state index in [0.717, 1.165) is 19.3 Å². The Balaban J connectivity index is 2.63. The van der Waals surface area contributed by atoms with Crippen molar-refractivity contribution in [3.05, 3.63) is 10.4 Å². The molecule has 0 aromatic heterocycles. The Hall–Kier alpha value is -1.26. The third kappa shape index (κ3) is 4.73. The van der Waals surface area contributed by atoms with Crippen molar-refractivity contribution in [3.8, 4) is 0 Å². The Kier molecular flexibility index (Phi) is 6.12. The molecule has 2 N–H and O–H groups in total. The molecule has 1 fully saturated rings. The molecule has 0 aliphatic heterocycles. The predicted molar refractivity (Wildman–Crippen MR) is 73.8 cm³/mol. The van der Waals surface area contributed by atoms with Gasteiger partial charge in [-0.05, 0) is 36.6 Å². The van der Waals surface area contributed by atoms with E-state index in [0.29, 0.717) is 37.8 Å². The minimum Gasteiger partial charge on any atom is -0.480 e. The third-order valence-corrected chi connectivity index (χ3v) is 3.81. The van der Waals surface area contributed by atoms with Crippen LogP contribution >= 0.6 is 0 Å². The van der Waals surface area contributed by atoms with Gasteiger partial charge in [-0.25, -0.2) is 0 Å². The Labute approximate surface area is 114 Å². The standard InChI is InChI=1S/C13H24N4O2/c1-10(2)8-11-4-3-5-13(9-11,12(18)19)15-6-7-16-17-14/h10-11,15H,3-9H2,1-2H3,(H,18,19). The minimum absolute atomic E-state index is 0.292. The van der Waals surface area contributed by atoms with Gasteiger partial charge in [0.05, 0.1) is 0 Å². The van der Waals surface area contributed by atoms with E-state index in [1.54, 1.807) is 0 Å². The molecule has 0 radical (unpaired) electrons. The number of carboxylic acids is 1. The van der Waals surface area contributed by atoms with Crippen molar-refractivity contribution >= 4 is 5.97 Å². The van der Waals surface area contributed by atoms with Gasteiger partial charge < -0.3 is 10.4 Å². The van der Waals surface area contributed by atoms with Crippen molar-refractivity contribution in [1.29, 1.82) is 0 Å². The first kappa shape index (κ1) is 15.8. The van der Waals surface area contributed by atoms with Crippen LogP contribution in [0.5, 0.6) is 0 Å². The summed E-state index contributed by atoms with van der Waals surface area (Å²) in [5, 5.41) is 16.1. The number of rotatable bonds is 7. The second-order valence-electron chi connectivity index (χ2n) is 5.86. The SMILES string of the molecule is CC(C)CC1CCCC(NCCN=[N+]=[N-])(C(=O)O)C1. The maximum Gasteiger partial charge on any atom is 0.323 e. The van der Waals surface area contributed by atoms with Gasteiger partial charge in [-0.2, -0.15) is 0 Å². The maximum absolute atomic E-state index is 11.6. The van der Waals surface area contributed by atoms with Crippen LogP contribution in [0.15, 0.2) is 5.11 Å². The van der Waals surface area contributed by atoms with Gasteiger partial charge in [0.2, 0.25) is 0 Å². The van der Waals surface area contributed by atoms with E-state index in [1.165, 1.54) is 0 Å². The van der Waals surface area contributed by atoms with E-state index in [9.17, 15) is 9.90 Å². The lowest BCUT2D eigenvalue weighted by molar-refractivity contribution is -0.147. The van der Waals surface area contributed by atoms with Crippen molar-refractivity contribution < 1.29 is 9.90 Å². The molecule has 1 saturated carbocycles. The average molecular weight is 268 g/mol. The average Bonchev–Trinajstić information content (AvgIpc) is 2.34. The molecular weight excluding hydrogens is 244 g/mol. The number of carboxylic acid groups (broad SMARTS) is 1. The van der Waals surface area contributed by atoms with Gasteiger partial charge in [0.25, 0.3) is 0 Å². The summed E-state index contributed by atoms with van der Waals surface area (Å²) in [5.41, 5.74) is 7.40. The topological polar surface area (TPSA) is 98.1 Å². The molecule has 0 spiro atoms. The number of nitrogens with zero attached hydrogens (tertiary/aromatic N) is 3. The summed E-state index contributed by atoms with van der Waals surface area (Å²) >= 11 is 0. The third-order valence-electron chi connectivity index (χ3n) is 3.81. The zero-order valence-corrected chi connectivity index (χ0v) is 11.8. The molecule has 0 aromatic rings. The van der Waals surface area contributed by atoms with Crippen LogP contribution in [0.25, 0.3) is 10.4 Å². The molecule has 0 amide bonds. The second kappa shape index (κ2) is 7.36. The van der Waals surface area contributed by atoms with Crippen molar-refractivity contribution in [3.63, 3.8) is 0 Å². The zero-order chi connectivity index (χ0) is 14.3. The number of hydrogen-bond acceptors (Lipinski definition) is 3. The fraction of sp³-hybridized carbons (Fsp3) is 0.923. The summed E-state index contributed by atoms with van der Waals surface area (Å²) in [4.78, 5) is 14.3. The monoisotopic (exact) mass is 268 g/mol. The molecule has 6 nitrogen and oxygen atoms in total. The Bertz CT molecular complexity index is 353. The Morgan fingerprint density at radius 2 is 2.37 bits per heavy atom. The van der Waals surface area contributed by atoms with Crippen LogP contribution in [0.3, 0.4) is 0 Å². The normalized spacial score (nSPS) is 27.0. The first-order valence-electron chi connectivity index (χ1n) is 6.99. The molecular formula is C13H24N4O2. The molecule has 1 aliphatic rings. The van der Waals surface area contributed by atoms with E-state index in [-0.39, 0.29) is 0 Å². The summed E-state index contributed by atoms with van der Waals surface area (Å²) in [5.74, 6) is 0.288. The van der Waals surface area contributed by atoms with Crippen molar-refractivity contribution in [2.24, 2.45) is 17.0 Å². The highest BCUT2D eigenvalue weighted by atomic mass is 16.4. The second-order valence-corrected chi connectivity index (χ2v) is 5.86. The van der Waals surface area contributed by atoms with E-state index in [2.05, 4.69) is 29.2 Å². The van der Waals surface area contributed by atoms with E-state index in [1.807, 2.05) is 0 Å². The van der Waals surface area contributed by atoms with Crippen LogP contribution in [0.1, 0.15) is 46.0 Å². The van der Waals surface area contributed by atoms with Gasteiger partial charge in [0, 0.05) is 18.0 Å². The molecule has 1 aliphatic carbocycles. The van der Waals surface area contributed by atoms with Crippen LogP contribution in [0, 0.1) is 11.8 Å². The first-order chi connectivity index (χ1) is 9.00. The molecule has 1 rings (SSSR count). The molecule has 0 saturated heterocycles. The molecule has 19 heavy (non-hydrogen) atoms. The highest BCUT2D eigenvalue weighted by molar-refractivity contribution is 5.79. The van der Waals surface area contributed by atoms with E-state index in [4.69, 9.17) is 5.53 Å². The van der Waals surface area contributed by atoms with Crippen LogP contribution in [0.2, 0.25) is 0 Å². The number of azide groups is 1. The molecule has 0 aromatic carbocycles. The van der Waals surface area contributed by atoms with Crippen LogP contribution in [0.4, 0.5) is 0 Å². The fourth-order valence-corrected chi connectivity index (χ4v) is 3.08. The Morgan fingerprint density at radius 1 is 1.63 bits per heavy atom. The van der Waals surface area contributed by atoms with Gasteiger partial charge in [-0.15, -0.1) is 0 Å². The summed E-state index contributed by atoms with van der Waals surface area (Å²) in [6.07, 6.45) is 4.47. The van der Waals surface area contributed by atoms with Crippen LogP contribution in [-0.4, -0.2) is 29.7 Å². The molecule has 0 heterocycles. The van der Waals surface area contributed by atoms with Gasteiger partial charge >= 0.3 is 5.97 Å². The van der Waals surface area contributed by atoms with Crippen molar-refractivity contribution in [2.75, 3.05) is 13.1 Å². The van der Waals surface area contributed by atoms with Crippen molar-refractivity contribution in [2.45, 2.75) is 51.5 Å². The zero-order valence-electron chi connectivity index (χ0n) is 11.8. The predicted octanol–water partition coefficient (Wildman–Crippen LogP) is 2.95. The van der Waals surface area contributed by atoms with Gasteiger partial charge in [-0.1, -0.05) is 31.8 Å². The number of aliphatic carboxylic acids is 1. The lowest BCUT2D eigenvalue weighted by Gasteiger charge is -2.39. The van der Waals surface area contributed by atoms with Crippen molar-refractivity contribution in [1.82, 2.24) is 5.32 Å². The summed E-state index contributed by atoms with van der Waals surface area (Å²) in [6.45, 7) is 5.06. The quantitative estimate of drug-likeness (QED) is 0.321. The lowest BCUT2D eigenvalue weighted by atomic mass is 9.73. The van der Waals surface area contributed by atoms with E-state index >= 15 is 0 Å². The highest BCUT2D eigenvalue weighted by Gasteiger charge is 2.42. The van der Waals surface area contributed by atoms with E-state index < -0.39 is 11.5 Å². The highest BCUT2D eigenvalue weighted by Crippen LogP contribution is 2.36. The maximum atomic E-state index is 11.6. The molecule has 6 heteroatoms. The van der Waals surface area contributed by atoms with Gasteiger partial charge in [-0.3, -0.25) is 4.79 Å². The van der Waals surface area contributed by atoms with Crippen LogP contribution < -0.4 is 5.32 Å². The smallest absolute Gasteiger partial charge is 0.323 e. The first-order valence-corrected chi connectivity index (χ1v) is 6.99. The summed E-state index contributed by atoms with van der Waals surface area (Å²) in [7, 11) is 0. The molecule has 0 bridgehead atoms. The van der Waals surface area contributed by atoms with Crippen LogP contribution in [-0.2, 0) is 4.79 Å². The number of nitrogens with one attached hydrogen (secondary N) is 1. The molecule has 108 valence electrons. The number of carbonyl (C=O) groups is 1. The van der Waals surface area contributed by atoms with Gasteiger partial charge in [0.15, 0.2) is 0 Å². The number of hydrogen-bond donors (Lipinski definition) is 2. The lowest BCUT2D eigenvalue weighted by Crippen LogP contribution is -2.55. The largest absolute Gasteiger partial charge is 0.480 e. The summed E-state index contributed by atoms with van der Waals surface area (Å²) in [6, 6.07) is 0.